The molecule has 1 unspecified atom stereocenters. The van der Waals surface area contributed by atoms with Gasteiger partial charge in [0, 0.05) is 17.3 Å². The molecule has 1 aliphatic carbocycles. The van der Waals surface area contributed by atoms with Crippen LogP contribution >= 0.6 is 11.8 Å². The van der Waals surface area contributed by atoms with Gasteiger partial charge < -0.3 is 5.32 Å². The van der Waals surface area contributed by atoms with Crippen LogP contribution in [0.15, 0.2) is 4.99 Å². The lowest BCUT2D eigenvalue weighted by molar-refractivity contribution is 0.250. The highest BCUT2D eigenvalue weighted by Crippen LogP contribution is 2.38. The van der Waals surface area contributed by atoms with E-state index in [9.17, 15) is 0 Å². The minimum Gasteiger partial charge on any atom is -0.359 e. The summed E-state index contributed by atoms with van der Waals surface area (Å²) in [5.74, 6) is 2.97. The van der Waals surface area contributed by atoms with E-state index in [-0.39, 0.29) is 0 Å². The molecule has 1 aliphatic heterocycles. The minimum atomic E-state index is 0.383. The van der Waals surface area contributed by atoms with Crippen LogP contribution < -0.4 is 5.32 Å². The van der Waals surface area contributed by atoms with Gasteiger partial charge in [0.05, 0.1) is 0 Å². The molecule has 116 valence electrons. The van der Waals surface area contributed by atoms with E-state index >= 15 is 0 Å². The molecule has 2 aliphatic rings. The number of hydrogen-bond donors (Lipinski definition) is 1. The number of nitrogens with one attached hydrogen (secondary N) is 1. The Morgan fingerprint density at radius 1 is 1.25 bits per heavy atom. The molecule has 1 spiro atoms. The van der Waals surface area contributed by atoms with Crippen molar-refractivity contribution in [2.75, 3.05) is 5.75 Å². The summed E-state index contributed by atoms with van der Waals surface area (Å²) in [6.45, 7) is 9.27. The highest BCUT2D eigenvalue weighted by atomic mass is 32.2. The molecule has 2 nitrogen and oxygen atoms in total. The molecule has 1 saturated heterocycles. The van der Waals surface area contributed by atoms with Crippen molar-refractivity contribution in [1.82, 2.24) is 5.32 Å². The monoisotopic (exact) mass is 296 g/mol. The average Bonchev–Trinajstić information content (AvgIpc) is 2.76. The van der Waals surface area contributed by atoms with E-state index in [1.54, 1.807) is 0 Å². The van der Waals surface area contributed by atoms with Gasteiger partial charge in [0.1, 0.15) is 0 Å². The van der Waals surface area contributed by atoms with Gasteiger partial charge in [-0.1, -0.05) is 45.4 Å². The first kappa shape index (κ1) is 16.2. The molecule has 0 radical (unpaired) electrons. The predicted octanol–water partition coefficient (Wildman–Crippen LogP) is 4.84. The van der Waals surface area contributed by atoms with Crippen molar-refractivity contribution in [3.8, 4) is 0 Å². The van der Waals surface area contributed by atoms with Gasteiger partial charge in [-0.25, -0.2) is 0 Å². The molecule has 20 heavy (non-hydrogen) atoms. The summed E-state index contributed by atoms with van der Waals surface area (Å²) in [5.41, 5.74) is 0.383. The molecular weight excluding hydrogens is 264 g/mol. The van der Waals surface area contributed by atoms with Crippen LogP contribution in [0.3, 0.4) is 0 Å². The first-order valence-corrected chi connectivity index (χ1v) is 9.46. The van der Waals surface area contributed by atoms with E-state index in [1.807, 2.05) is 11.8 Å². The van der Waals surface area contributed by atoms with Crippen LogP contribution in [0.5, 0.6) is 0 Å². The molecule has 0 bridgehead atoms. The molecular formula is C17H32N2S. The molecule has 1 heterocycles. The highest BCUT2D eigenvalue weighted by molar-refractivity contribution is 8.14. The van der Waals surface area contributed by atoms with Crippen molar-refractivity contribution in [3.63, 3.8) is 0 Å². The Balaban J connectivity index is 1.78. The van der Waals surface area contributed by atoms with Crippen molar-refractivity contribution >= 4 is 16.9 Å². The van der Waals surface area contributed by atoms with Gasteiger partial charge in [-0.2, -0.15) is 0 Å². The predicted molar refractivity (Wildman–Crippen MR) is 91.5 cm³/mol. The summed E-state index contributed by atoms with van der Waals surface area (Å²) in [5, 5.41) is 4.99. The smallest absolute Gasteiger partial charge is 0.157 e. The molecule has 2 rings (SSSR count). The largest absolute Gasteiger partial charge is 0.359 e. The van der Waals surface area contributed by atoms with E-state index in [0.717, 1.165) is 11.8 Å². The molecule has 2 fully saturated rings. The van der Waals surface area contributed by atoms with Crippen LogP contribution in [0.25, 0.3) is 0 Å². The van der Waals surface area contributed by atoms with E-state index in [0.29, 0.717) is 11.6 Å². The number of rotatable bonds is 5. The van der Waals surface area contributed by atoms with Crippen LogP contribution in [-0.2, 0) is 0 Å². The van der Waals surface area contributed by atoms with Gasteiger partial charge in [0.2, 0.25) is 0 Å². The van der Waals surface area contributed by atoms with E-state index in [4.69, 9.17) is 4.99 Å². The maximum atomic E-state index is 4.91. The van der Waals surface area contributed by atoms with Crippen LogP contribution in [-0.4, -0.2) is 22.5 Å². The second-order valence-electron chi connectivity index (χ2n) is 7.48. The lowest BCUT2D eigenvalue weighted by atomic mass is 9.78. The van der Waals surface area contributed by atoms with Gasteiger partial charge in [-0.15, -0.1) is 0 Å². The first-order chi connectivity index (χ1) is 9.49. The van der Waals surface area contributed by atoms with Crippen molar-refractivity contribution in [3.05, 3.63) is 0 Å². The Labute approximate surface area is 129 Å². The fourth-order valence-electron chi connectivity index (χ4n) is 3.25. The second-order valence-corrected chi connectivity index (χ2v) is 8.45. The maximum absolute atomic E-state index is 4.91. The topological polar surface area (TPSA) is 24.4 Å². The molecule has 1 saturated carbocycles. The second kappa shape index (κ2) is 7.20. The third-order valence-electron chi connectivity index (χ3n) is 4.83. The Hall–Kier alpha value is -0.180. The molecule has 0 aromatic carbocycles. The molecule has 0 aromatic rings. The standard InChI is InChI=1S/C17H32N2S/c1-13(2)6-5-7-15(4)18-16-19-17(12-20-16)10-8-14(3)9-11-17/h13-15H,5-12H2,1-4H3,(H,18,19). The maximum Gasteiger partial charge on any atom is 0.157 e. The number of thioether (sulfide) groups is 1. The number of amidine groups is 1. The molecule has 1 atom stereocenters. The first-order valence-electron chi connectivity index (χ1n) is 8.48. The van der Waals surface area contributed by atoms with E-state index in [2.05, 4.69) is 33.0 Å². The van der Waals surface area contributed by atoms with Gasteiger partial charge in [0.15, 0.2) is 5.17 Å². The lowest BCUT2D eigenvalue weighted by Gasteiger charge is -2.35. The molecule has 1 N–H and O–H groups in total. The fourth-order valence-corrected chi connectivity index (χ4v) is 4.56. The summed E-state index contributed by atoms with van der Waals surface area (Å²) >= 11 is 1.96. The van der Waals surface area contributed by atoms with Crippen molar-refractivity contribution in [2.45, 2.75) is 84.2 Å². The van der Waals surface area contributed by atoms with E-state index < -0.39 is 0 Å². The molecule has 0 amide bonds. The van der Waals surface area contributed by atoms with Crippen LogP contribution in [0.4, 0.5) is 0 Å². The Kier molecular flexibility index (Phi) is 5.83. The lowest BCUT2D eigenvalue weighted by Crippen LogP contribution is -2.46. The zero-order chi connectivity index (χ0) is 14.6. The number of nitrogens with zero attached hydrogens (tertiary/aromatic N) is 1. The van der Waals surface area contributed by atoms with Gasteiger partial charge in [-0.05, 0) is 50.9 Å². The summed E-state index contributed by atoms with van der Waals surface area (Å²) in [4.78, 5) is 4.91. The summed E-state index contributed by atoms with van der Waals surface area (Å²) in [7, 11) is 0. The Morgan fingerprint density at radius 3 is 2.60 bits per heavy atom. The quantitative estimate of drug-likeness (QED) is 0.785. The van der Waals surface area contributed by atoms with Crippen LogP contribution in [0.1, 0.15) is 72.6 Å². The van der Waals surface area contributed by atoms with Crippen LogP contribution in [0, 0.1) is 11.8 Å². The summed E-state index contributed by atoms with van der Waals surface area (Å²) in [6.07, 6.45) is 9.30. The molecule has 3 heteroatoms. The number of hydrogen-bond acceptors (Lipinski definition) is 2. The Bertz CT molecular complexity index is 330. The van der Waals surface area contributed by atoms with Gasteiger partial charge in [-0.3, -0.25) is 4.99 Å². The van der Waals surface area contributed by atoms with Crippen LogP contribution in [0.2, 0.25) is 0 Å². The summed E-state index contributed by atoms with van der Waals surface area (Å²) in [6, 6.07) is 0.474. The average molecular weight is 297 g/mol. The summed E-state index contributed by atoms with van der Waals surface area (Å²) < 4.78 is 0. The van der Waals surface area contributed by atoms with Crippen molar-refractivity contribution in [1.29, 1.82) is 0 Å². The van der Waals surface area contributed by atoms with E-state index in [1.165, 1.54) is 55.9 Å². The third-order valence-corrected chi connectivity index (χ3v) is 6.01. The van der Waals surface area contributed by atoms with Gasteiger partial charge >= 0.3 is 0 Å². The highest BCUT2D eigenvalue weighted by Gasteiger charge is 2.39. The van der Waals surface area contributed by atoms with Gasteiger partial charge in [0.25, 0.3) is 0 Å². The zero-order valence-corrected chi connectivity index (χ0v) is 14.6. The normalized spacial score (nSPS) is 33.9. The third kappa shape index (κ3) is 4.68. The Morgan fingerprint density at radius 2 is 1.95 bits per heavy atom. The SMILES string of the molecule is CC(C)CCCC(C)N=C1NC2(CCC(C)CC2)CS1. The number of aliphatic imine (C=N–C) groups is 1. The minimum absolute atomic E-state index is 0.383. The zero-order valence-electron chi connectivity index (χ0n) is 13.7. The van der Waals surface area contributed by atoms with Crippen molar-refractivity contribution in [2.24, 2.45) is 16.8 Å². The molecule has 0 aromatic heterocycles. The van der Waals surface area contributed by atoms with Crippen molar-refractivity contribution < 1.29 is 0 Å². The fraction of sp³-hybridized carbons (Fsp3) is 0.941.